The van der Waals surface area contributed by atoms with Gasteiger partial charge in [-0.1, -0.05) is 23.7 Å². The van der Waals surface area contributed by atoms with Crippen LogP contribution in [0.25, 0.3) is 0 Å². The number of hydrogen-bond donors (Lipinski definition) is 1. The van der Waals surface area contributed by atoms with Crippen molar-refractivity contribution in [3.05, 3.63) is 53.1 Å². The van der Waals surface area contributed by atoms with E-state index in [1.165, 1.54) is 0 Å². The molecular weight excluding hydrogens is 278 g/mol. The fourth-order valence-corrected chi connectivity index (χ4v) is 1.99. The van der Waals surface area contributed by atoms with Gasteiger partial charge >= 0.3 is 0 Å². The van der Waals surface area contributed by atoms with Crippen molar-refractivity contribution in [1.82, 2.24) is 14.9 Å². The first kappa shape index (κ1) is 14.6. The summed E-state index contributed by atoms with van der Waals surface area (Å²) >= 11 is 5.85. The van der Waals surface area contributed by atoms with Crippen LogP contribution in [0, 0.1) is 0 Å². The Morgan fingerprint density at radius 3 is 2.70 bits per heavy atom. The molecule has 1 amide bonds. The first-order chi connectivity index (χ1) is 9.61. The van der Waals surface area contributed by atoms with Crippen LogP contribution in [-0.4, -0.2) is 29.1 Å². The molecule has 20 heavy (non-hydrogen) atoms. The van der Waals surface area contributed by atoms with E-state index in [1.54, 1.807) is 43.3 Å². The number of ether oxygens (including phenoxy) is 1. The molecule has 1 heterocycles. The van der Waals surface area contributed by atoms with E-state index >= 15 is 0 Å². The fourth-order valence-electron chi connectivity index (χ4n) is 1.86. The quantitative estimate of drug-likeness (QED) is 0.919. The van der Waals surface area contributed by atoms with E-state index < -0.39 is 0 Å². The van der Waals surface area contributed by atoms with Crippen molar-refractivity contribution in [3.8, 4) is 0 Å². The number of nitrogens with zero attached hydrogens (tertiary/aromatic N) is 2. The third-order valence-corrected chi connectivity index (χ3v) is 3.25. The Hall–Kier alpha value is -1.85. The van der Waals surface area contributed by atoms with E-state index in [4.69, 9.17) is 16.3 Å². The molecule has 0 bridgehead atoms. The number of hydrogen-bond acceptors (Lipinski definition) is 3. The van der Waals surface area contributed by atoms with Crippen molar-refractivity contribution in [1.29, 1.82) is 0 Å². The zero-order valence-corrected chi connectivity index (χ0v) is 12.1. The number of halogens is 1. The molecule has 0 saturated carbocycles. The van der Waals surface area contributed by atoms with Gasteiger partial charge in [0.25, 0.3) is 5.91 Å². The average molecular weight is 294 g/mol. The Labute approximate surface area is 122 Å². The second-order valence-corrected chi connectivity index (χ2v) is 4.78. The van der Waals surface area contributed by atoms with E-state index in [1.807, 2.05) is 12.1 Å². The Morgan fingerprint density at radius 2 is 2.15 bits per heavy atom. The van der Waals surface area contributed by atoms with E-state index in [-0.39, 0.29) is 12.0 Å². The lowest BCUT2D eigenvalue weighted by Crippen LogP contribution is -2.30. The number of aryl methyl sites for hydroxylation is 1. The molecule has 1 unspecified atom stereocenters. The Bertz CT molecular complexity index is 580. The third kappa shape index (κ3) is 3.37. The van der Waals surface area contributed by atoms with E-state index in [0.29, 0.717) is 17.4 Å². The van der Waals surface area contributed by atoms with Crippen LogP contribution in [0.3, 0.4) is 0 Å². The topological polar surface area (TPSA) is 56.1 Å². The van der Waals surface area contributed by atoms with Gasteiger partial charge < -0.3 is 14.6 Å². The lowest BCUT2D eigenvalue weighted by atomic mass is 10.1. The molecule has 2 aromatic rings. The van der Waals surface area contributed by atoms with Crippen molar-refractivity contribution in [2.45, 2.75) is 6.10 Å². The van der Waals surface area contributed by atoms with Gasteiger partial charge in [-0.3, -0.25) is 4.79 Å². The molecule has 2 rings (SSSR count). The van der Waals surface area contributed by atoms with Gasteiger partial charge in [0.05, 0.1) is 6.10 Å². The van der Waals surface area contributed by atoms with Crippen molar-refractivity contribution in [3.63, 3.8) is 0 Å². The largest absolute Gasteiger partial charge is 0.375 e. The molecule has 106 valence electrons. The highest BCUT2D eigenvalue weighted by Gasteiger charge is 2.15. The molecule has 0 aliphatic rings. The molecule has 0 radical (unpaired) electrons. The van der Waals surface area contributed by atoms with E-state index in [2.05, 4.69) is 10.3 Å². The number of benzene rings is 1. The zero-order chi connectivity index (χ0) is 14.5. The van der Waals surface area contributed by atoms with Crippen LogP contribution < -0.4 is 5.32 Å². The molecule has 1 aromatic carbocycles. The average Bonchev–Trinajstić information content (AvgIpc) is 2.87. The molecule has 1 aromatic heterocycles. The van der Waals surface area contributed by atoms with E-state index in [0.717, 1.165) is 5.56 Å². The number of carbonyl (C=O) groups is 1. The molecule has 1 N–H and O–H groups in total. The third-order valence-electron chi connectivity index (χ3n) is 3.00. The minimum Gasteiger partial charge on any atom is -0.375 e. The van der Waals surface area contributed by atoms with Gasteiger partial charge in [0.1, 0.15) is 0 Å². The van der Waals surface area contributed by atoms with Crippen LogP contribution in [0.1, 0.15) is 22.3 Å². The number of aromatic nitrogens is 2. The van der Waals surface area contributed by atoms with E-state index in [9.17, 15) is 4.79 Å². The smallest absolute Gasteiger partial charge is 0.287 e. The highest BCUT2D eigenvalue weighted by Crippen LogP contribution is 2.18. The Kier molecular flexibility index (Phi) is 4.76. The number of nitrogens with one attached hydrogen (secondary N) is 1. The van der Waals surface area contributed by atoms with Gasteiger partial charge in [0.15, 0.2) is 5.82 Å². The predicted octanol–water partition coefficient (Wildman–Crippen LogP) is 2.19. The molecule has 1 atom stereocenters. The lowest BCUT2D eigenvalue weighted by Gasteiger charge is -2.16. The molecule has 0 fully saturated rings. The first-order valence-corrected chi connectivity index (χ1v) is 6.53. The van der Waals surface area contributed by atoms with Crippen LogP contribution in [0.5, 0.6) is 0 Å². The molecule has 0 aliphatic heterocycles. The summed E-state index contributed by atoms with van der Waals surface area (Å²) in [4.78, 5) is 16.0. The number of amides is 1. The zero-order valence-electron chi connectivity index (χ0n) is 11.3. The maximum Gasteiger partial charge on any atom is 0.287 e. The molecular formula is C14H16ClN3O2. The Morgan fingerprint density at radius 1 is 1.45 bits per heavy atom. The van der Waals surface area contributed by atoms with Crippen LogP contribution >= 0.6 is 11.6 Å². The maximum absolute atomic E-state index is 12.0. The normalized spacial score (nSPS) is 12.2. The predicted molar refractivity (Wildman–Crippen MR) is 76.7 cm³/mol. The number of imidazole rings is 1. The summed E-state index contributed by atoms with van der Waals surface area (Å²) in [6, 6.07) is 7.35. The first-order valence-electron chi connectivity index (χ1n) is 6.15. The summed E-state index contributed by atoms with van der Waals surface area (Å²) in [5, 5.41) is 3.48. The van der Waals surface area contributed by atoms with Crippen molar-refractivity contribution in [2.75, 3.05) is 13.7 Å². The van der Waals surface area contributed by atoms with Gasteiger partial charge in [-0.05, 0) is 17.7 Å². The summed E-state index contributed by atoms with van der Waals surface area (Å²) in [5.41, 5.74) is 0.956. The summed E-state index contributed by atoms with van der Waals surface area (Å²) in [6.07, 6.45) is 3.08. The van der Waals surface area contributed by atoms with Crippen molar-refractivity contribution in [2.24, 2.45) is 7.05 Å². The monoisotopic (exact) mass is 293 g/mol. The fraction of sp³-hybridized carbons (Fsp3) is 0.286. The molecule has 6 heteroatoms. The van der Waals surface area contributed by atoms with Gasteiger partial charge in [-0.25, -0.2) is 4.98 Å². The molecule has 0 aliphatic carbocycles. The lowest BCUT2D eigenvalue weighted by molar-refractivity contribution is 0.0818. The summed E-state index contributed by atoms with van der Waals surface area (Å²) in [6.45, 7) is 0.365. The van der Waals surface area contributed by atoms with Gasteiger partial charge in [0, 0.05) is 38.1 Å². The van der Waals surface area contributed by atoms with Gasteiger partial charge in [0.2, 0.25) is 0 Å². The summed E-state index contributed by atoms with van der Waals surface area (Å²) in [7, 11) is 3.38. The Balaban J connectivity index is 1.99. The van der Waals surface area contributed by atoms with Gasteiger partial charge in [-0.15, -0.1) is 0 Å². The standard InChI is InChI=1S/C14H16ClN3O2/c1-18-8-7-16-13(18)14(19)17-9-12(20-2)10-3-5-11(15)6-4-10/h3-8,12H,9H2,1-2H3,(H,17,19). The van der Waals surface area contributed by atoms with Crippen LogP contribution in [0.2, 0.25) is 5.02 Å². The van der Waals surface area contributed by atoms with Crippen LogP contribution in [0.4, 0.5) is 0 Å². The van der Waals surface area contributed by atoms with Crippen LogP contribution in [0.15, 0.2) is 36.7 Å². The summed E-state index contributed by atoms with van der Waals surface area (Å²) < 4.78 is 7.06. The highest BCUT2D eigenvalue weighted by atomic mass is 35.5. The number of methoxy groups -OCH3 is 1. The molecule has 5 nitrogen and oxygen atoms in total. The van der Waals surface area contributed by atoms with Crippen LogP contribution in [-0.2, 0) is 11.8 Å². The number of rotatable bonds is 5. The van der Waals surface area contributed by atoms with Crippen molar-refractivity contribution < 1.29 is 9.53 Å². The highest BCUT2D eigenvalue weighted by molar-refractivity contribution is 6.30. The minimum absolute atomic E-state index is 0.225. The second-order valence-electron chi connectivity index (χ2n) is 4.35. The summed E-state index contributed by atoms with van der Waals surface area (Å²) in [5.74, 6) is 0.143. The van der Waals surface area contributed by atoms with Crippen molar-refractivity contribution >= 4 is 17.5 Å². The molecule has 0 spiro atoms. The van der Waals surface area contributed by atoms with Gasteiger partial charge in [-0.2, -0.15) is 0 Å². The SMILES string of the molecule is COC(CNC(=O)c1nccn1C)c1ccc(Cl)cc1. The number of carbonyl (C=O) groups excluding carboxylic acids is 1. The minimum atomic E-state index is -0.228. The second kappa shape index (κ2) is 6.54. The molecule has 0 saturated heterocycles. The maximum atomic E-state index is 12.0.